The molecular formula is C16H23ClN2. The van der Waals surface area contributed by atoms with Gasteiger partial charge < -0.3 is 10.6 Å². The van der Waals surface area contributed by atoms with Crippen molar-refractivity contribution in [3.63, 3.8) is 0 Å². The zero-order valence-electron chi connectivity index (χ0n) is 11.4. The van der Waals surface area contributed by atoms with E-state index in [1.54, 1.807) is 0 Å². The van der Waals surface area contributed by atoms with E-state index in [2.05, 4.69) is 17.0 Å². The maximum absolute atomic E-state index is 6.48. The van der Waals surface area contributed by atoms with Crippen molar-refractivity contribution in [3.05, 3.63) is 28.8 Å². The molecular weight excluding hydrogens is 256 g/mol. The van der Waals surface area contributed by atoms with E-state index < -0.39 is 0 Å². The van der Waals surface area contributed by atoms with Crippen LogP contribution in [0.3, 0.4) is 0 Å². The summed E-state index contributed by atoms with van der Waals surface area (Å²) in [7, 11) is 0. The Morgan fingerprint density at radius 2 is 1.95 bits per heavy atom. The number of rotatable bonds is 2. The average molecular weight is 279 g/mol. The SMILES string of the molecule is NCc1ccc(N2CCCC3CCCCC32)c(Cl)c1. The molecule has 1 aromatic rings. The van der Waals surface area contributed by atoms with E-state index in [-0.39, 0.29) is 0 Å². The normalized spacial score (nSPS) is 27.2. The summed E-state index contributed by atoms with van der Waals surface area (Å²) in [6.45, 7) is 1.72. The lowest BCUT2D eigenvalue weighted by Crippen LogP contribution is -2.47. The Hall–Kier alpha value is -0.730. The van der Waals surface area contributed by atoms with Gasteiger partial charge in [0.2, 0.25) is 0 Å². The summed E-state index contributed by atoms with van der Waals surface area (Å²) in [4.78, 5) is 2.57. The minimum Gasteiger partial charge on any atom is -0.367 e. The third-order valence-corrected chi connectivity index (χ3v) is 5.10. The van der Waals surface area contributed by atoms with E-state index in [0.717, 1.165) is 23.0 Å². The second-order valence-electron chi connectivity index (χ2n) is 5.94. The molecule has 2 aliphatic rings. The maximum atomic E-state index is 6.48. The van der Waals surface area contributed by atoms with Crippen molar-refractivity contribution in [1.29, 1.82) is 0 Å². The molecule has 0 radical (unpaired) electrons. The molecule has 0 bridgehead atoms. The summed E-state index contributed by atoms with van der Waals surface area (Å²) in [6.07, 6.45) is 8.22. The van der Waals surface area contributed by atoms with Crippen molar-refractivity contribution in [3.8, 4) is 0 Å². The van der Waals surface area contributed by atoms with Crippen LogP contribution in [-0.4, -0.2) is 12.6 Å². The lowest BCUT2D eigenvalue weighted by atomic mass is 9.78. The molecule has 0 amide bonds. The van der Waals surface area contributed by atoms with E-state index in [0.29, 0.717) is 12.6 Å². The molecule has 1 aliphatic carbocycles. The van der Waals surface area contributed by atoms with Crippen LogP contribution in [0.4, 0.5) is 5.69 Å². The fraction of sp³-hybridized carbons (Fsp3) is 0.625. The molecule has 0 spiro atoms. The van der Waals surface area contributed by atoms with Crippen molar-refractivity contribution < 1.29 is 0 Å². The molecule has 1 aliphatic heterocycles. The number of hydrogen-bond donors (Lipinski definition) is 1. The van der Waals surface area contributed by atoms with Crippen molar-refractivity contribution >= 4 is 17.3 Å². The van der Waals surface area contributed by atoms with Crippen LogP contribution in [-0.2, 0) is 6.54 Å². The summed E-state index contributed by atoms with van der Waals surface area (Å²) in [5, 5.41) is 0.870. The number of anilines is 1. The zero-order valence-corrected chi connectivity index (χ0v) is 12.2. The Kier molecular flexibility index (Phi) is 3.99. The number of nitrogens with two attached hydrogens (primary N) is 1. The van der Waals surface area contributed by atoms with Gasteiger partial charge in [0, 0.05) is 19.1 Å². The van der Waals surface area contributed by atoms with Crippen LogP contribution in [0.25, 0.3) is 0 Å². The molecule has 1 heterocycles. The Bertz CT molecular complexity index is 444. The van der Waals surface area contributed by atoms with Crippen molar-refractivity contribution in [2.45, 2.75) is 51.1 Å². The number of fused-ring (bicyclic) bond motifs is 1. The van der Waals surface area contributed by atoms with E-state index in [1.165, 1.54) is 44.2 Å². The van der Waals surface area contributed by atoms with Gasteiger partial charge in [-0.2, -0.15) is 0 Å². The number of nitrogens with zero attached hydrogens (tertiary/aromatic N) is 1. The van der Waals surface area contributed by atoms with Crippen molar-refractivity contribution in [2.24, 2.45) is 11.7 Å². The highest BCUT2D eigenvalue weighted by Gasteiger charge is 2.33. The fourth-order valence-corrected chi connectivity index (χ4v) is 4.15. The zero-order chi connectivity index (χ0) is 13.2. The van der Waals surface area contributed by atoms with Gasteiger partial charge in [0.1, 0.15) is 0 Å². The summed E-state index contributed by atoms with van der Waals surface area (Å²) in [6, 6.07) is 7.03. The van der Waals surface area contributed by atoms with E-state index in [1.807, 2.05) is 6.07 Å². The lowest BCUT2D eigenvalue weighted by molar-refractivity contribution is 0.244. The lowest BCUT2D eigenvalue weighted by Gasteiger charge is -2.45. The van der Waals surface area contributed by atoms with Crippen LogP contribution in [0.1, 0.15) is 44.1 Å². The highest BCUT2D eigenvalue weighted by Crippen LogP contribution is 2.40. The molecule has 0 aromatic heterocycles. The first-order valence-corrected chi connectivity index (χ1v) is 7.92. The van der Waals surface area contributed by atoms with Gasteiger partial charge in [0.15, 0.2) is 0 Å². The second kappa shape index (κ2) is 5.72. The predicted molar refractivity (Wildman–Crippen MR) is 81.7 cm³/mol. The molecule has 2 N–H and O–H groups in total. The summed E-state index contributed by atoms with van der Waals surface area (Å²) in [5.74, 6) is 0.882. The van der Waals surface area contributed by atoms with Crippen molar-refractivity contribution in [2.75, 3.05) is 11.4 Å². The molecule has 2 unspecified atom stereocenters. The molecule has 1 saturated heterocycles. The van der Waals surface area contributed by atoms with Crippen LogP contribution in [0.5, 0.6) is 0 Å². The Labute approximate surface area is 120 Å². The molecule has 19 heavy (non-hydrogen) atoms. The van der Waals surface area contributed by atoms with Crippen molar-refractivity contribution in [1.82, 2.24) is 0 Å². The first kappa shape index (κ1) is 13.3. The monoisotopic (exact) mass is 278 g/mol. The first-order chi connectivity index (χ1) is 9.29. The number of benzene rings is 1. The van der Waals surface area contributed by atoms with Gasteiger partial charge in [0.25, 0.3) is 0 Å². The highest BCUT2D eigenvalue weighted by atomic mass is 35.5. The summed E-state index contributed by atoms with van der Waals surface area (Å²) < 4.78 is 0. The fourth-order valence-electron chi connectivity index (χ4n) is 3.83. The Balaban J connectivity index is 1.87. The Morgan fingerprint density at radius 1 is 1.16 bits per heavy atom. The number of halogens is 1. The van der Waals surface area contributed by atoms with E-state index in [4.69, 9.17) is 17.3 Å². The number of hydrogen-bond acceptors (Lipinski definition) is 2. The maximum Gasteiger partial charge on any atom is 0.0642 e. The minimum atomic E-state index is 0.562. The van der Waals surface area contributed by atoms with Crippen LogP contribution in [0.15, 0.2) is 18.2 Å². The van der Waals surface area contributed by atoms with E-state index in [9.17, 15) is 0 Å². The average Bonchev–Trinajstić information content (AvgIpc) is 2.46. The molecule has 2 nitrogen and oxygen atoms in total. The largest absolute Gasteiger partial charge is 0.367 e. The standard InChI is InChI=1S/C16H23ClN2/c17-14-10-12(11-18)7-8-16(14)19-9-3-5-13-4-1-2-6-15(13)19/h7-8,10,13,15H,1-6,9,11,18H2. The van der Waals surface area contributed by atoms with Gasteiger partial charge in [-0.05, 0) is 49.3 Å². The summed E-state index contributed by atoms with van der Waals surface area (Å²) in [5.41, 5.74) is 8.02. The number of piperidine rings is 1. The second-order valence-corrected chi connectivity index (χ2v) is 6.34. The third kappa shape index (κ3) is 2.61. The smallest absolute Gasteiger partial charge is 0.0642 e. The van der Waals surface area contributed by atoms with Gasteiger partial charge in [-0.15, -0.1) is 0 Å². The van der Waals surface area contributed by atoms with Gasteiger partial charge in [-0.1, -0.05) is 30.5 Å². The van der Waals surface area contributed by atoms with E-state index >= 15 is 0 Å². The van der Waals surface area contributed by atoms with Gasteiger partial charge in [-0.3, -0.25) is 0 Å². The Morgan fingerprint density at radius 3 is 2.74 bits per heavy atom. The summed E-state index contributed by atoms with van der Waals surface area (Å²) >= 11 is 6.48. The molecule has 1 aromatic carbocycles. The molecule has 2 atom stereocenters. The predicted octanol–water partition coefficient (Wildman–Crippen LogP) is 3.96. The van der Waals surface area contributed by atoms with Crippen LogP contribution in [0, 0.1) is 5.92 Å². The van der Waals surface area contributed by atoms with Crippen LogP contribution < -0.4 is 10.6 Å². The topological polar surface area (TPSA) is 29.3 Å². The molecule has 3 heteroatoms. The molecule has 2 fully saturated rings. The first-order valence-electron chi connectivity index (χ1n) is 7.54. The minimum absolute atomic E-state index is 0.562. The quantitative estimate of drug-likeness (QED) is 0.887. The highest BCUT2D eigenvalue weighted by molar-refractivity contribution is 6.33. The molecule has 104 valence electrons. The molecule has 1 saturated carbocycles. The van der Waals surface area contributed by atoms with Gasteiger partial charge in [-0.25, -0.2) is 0 Å². The van der Waals surface area contributed by atoms with Gasteiger partial charge in [0.05, 0.1) is 10.7 Å². The molecule has 3 rings (SSSR count). The van der Waals surface area contributed by atoms with Crippen LogP contribution >= 0.6 is 11.6 Å². The van der Waals surface area contributed by atoms with Crippen LogP contribution in [0.2, 0.25) is 5.02 Å². The van der Waals surface area contributed by atoms with Gasteiger partial charge >= 0.3 is 0 Å². The third-order valence-electron chi connectivity index (χ3n) is 4.80.